The fourth-order valence-corrected chi connectivity index (χ4v) is 5.69. The summed E-state index contributed by atoms with van der Waals surface area (Å²) in [4.78, 5) is 40.6. The van der Waals surface area contributed by atoms with Crippen molar-refractivity contribution in [3.63, 3.8) is 0 Å². The largest absolute Gasteiger partial charge is 0.484 e. The van der Waals surface area contributed by atoms with Crippen molar-refractivity contribution in [2.24, 2.45) is 0 Å². The minimum atomic E-state index is -5.64. The van der Waals surface area contributed by atoms with Gasteiger partial charge in [-0.05, 0) is 0 Å². The van der Waals surface area contributed by atoms with E-state index in [9.17, 15) is 44.6 Å². The van der Waals surface area contributed by atoms with Crippen LogP contribution >= 0.6 is 15.6 Å². The average Bonchev–Trinajstić information content (AvgIpc) is 3.40. The summed E-state index contributed by atoms with van der Waals surface area (Å²) >= 11 is 0. The fourth-order valence-electron chi connectivity index (χ4n) is 3.39. The molecule has 10 N–H and O–H groups in total. The maximum Gasteiger partial charge on any atom is 0.484 e. The molecule has 0 spiro atoms. The highest BCUT2D eigenvalue weighted by molar-refractivity contribution is 7.61. The third kappa shape index (κ3) is 6.76. The summed E-state index contributed by atoms with van der Waals surface area (Å²) in [6, 6.07) is 0. The van der Waals surface area contributed by atoms with Crippen LogP contribution in [-0.4, -0.2) is 122 Å². The number of nitrogens with two attached hydrogens (primary N) is 1. The third-order valence-electron chi connectivity index (χ3n) is 5.27. The number of aldehydes is 1. The number of ether oxygens (including phenoxy) is 1. The molecule has 3 rings (SSSR count). The number of hydrogen-bond acceptors (Lipinski definition) is 17. The quantitative estimate of drug-likeness (QED) is 0.0792. The molecule has 0 radical (unpaired) electrons. The molecule has 9 atom stereocenters. The zero-order valence-electron chi connectivity index (χ0n) is 19.0. The summed E-state index contributed by atoms with van der Waals surface area (Å²) in [6.45, 7) is -2.28. The van der Waals surface area contributed by atoms with Gasteiger partial charge in [0.2, 0.25) is 0 Å². The molecule has 9 unspecified atom stereocenters. The van der Waals surface area contributed by atoms with Gasteiger partial charge >= 0.3 is 15.6 Å². The van der Waals surface area contributed by atoms with Crippen LogP contribution in [0, 0.1) is 0 Å². The summed E-state index contributed by atoms with van der Waals surface area (Å²) in [5.74, 6) is 0.0146. The fraction of sp³-hybridized carbons (Fsp3) is 0.625. The topological polar surface area (TPSA) is 320 Å². The molecular formula is C16H25N5O15P2. The molecule has 20 nitrogen and oxygen atoms in total. The minimum absolute atomic E-state index is 0.0146. The standard InChI is InChI=1S/C16H25N5O15P2/c17-14-9-15(19-4-18-14)21(5-20-9)16-13(28)12(27)8(34-16)3-33-38(32,36-37(29,30)31)35-7(2-23)11(26)10(25)6(24)1-22/h1,4-8,10-13,16,23-28H,2-3H2,(H2,17,18,19)(H2,29,30,31). The Balaban J connectivity index is 1.78. The van der Waals surface area contributed by atoms with E-state index in [2.05, 4.69) is 19.3 Å². The highest BCUT2D eigenvalue weighted by Crippen LogP contribution is 2.62. The van der Waals surface area contributed by atoms with Crippen molar-refractivity contribution >= 4 is 38.9 Å². The van der Waals surface area contributed by atoms with Gasteiger partial charge in [0.1, 0.15) is 54.6 Å². The highest BCUT2D eigenvalue weighted by atomic mass is 31.3. The van der Waals surface area contributed by atoms with Crippen LogP contribution in [0.3, 0.4) is 0 Å². The van der Waals surface area contributed by atoms with Crippen molar-refractivity contribution in [1.82, 2.24) is 19.5 Å². The van der Waals surface area contributed by atoms with Crippen LogP contribution in [0.25, 0.3) is 11.2 Å². The number of aromatic nitrogens is 4. The number of hydrogen-bond donors (Lipinski definition) is 9. The van der Waals surface area contributed by atoms with Gasteiger partial charge in [0, 0.05) is 0 Å². The second kappa shape index (κ2) is 12.0. The van der Waals surface area contributed by atoms with E-state index in [-0.39, 0.29) is 23.3 Å². The molecule has 0 amide bonds. The summed E-state index contributed by atoms with van der Waals surface area (Å²) < 4.78 is 44.7. The zero-order valence-corrected chi connectivity index (χ0v) is 20.7. The molecule has 0 aromatic carbocycles. The predicted molar refractivity (Wildman–Crippen MR) is 118 cm³/mol. The lowest BCUT2D eigenvalue weighted by Gasteiger charge is -2.29. The Hall–Kier alpha value is -2.00. The van der Waals surface area contributed by atoms with Crippen LogP contribution in [0.1, 0.15) is 6.23 Å². The number of phosphoric ester groups is 1. The number of fused-ring (bicyclic) bond motifs is 1. The van der Waals surface area contributed by atoms with Gasteiger partial charge < -0.3 is 55.7 Å². The predicted octanol–water partition coefficient (Wildman–Crippen LogP) is -4.08. The van der Waals surface area contributed by atoms with E-state index in [0.29, 0.717) is 0 Å². The van der Waals surface area contributed by atoms with E-state index in [0.717, 1.165) is 6.33 Å². The van der Waals surface area contributed by atoms with Gasteiger partial charge in [-0.2, -0.15) is 4.31 Å². The first-order chi connectivity index (χ1) is 17.7. The second-order valence-electron chi connectivity index (χ2n) is 7.88. The number of rotatable bonds is 13. The van der Waals surface area contributed by atoms with E-state index < -0.39 is 77.8 Å². The first-order valence-corrected chi connectivity index (χ1v) is 13.4. The number of carbonyl (C=O) groups is 1. The van der Waals surface area contributed by atoms with E-state index in [1.165, 1.54) is 10.9 Å². The van der Waals surface area contributed by atoms with Crippen LogP contribution in [0.15, 0.2) is 12.7 Å². The molecule has 214 valence electrons. The molecule has 2 aromatic heterocycles. The summed E-state index contributed by atoms with van der Waals surface area (Å²) in [5.41, 5.74) is 5.98. The van der Waals surface area contributed by atoms with Crippen molar-refractivity contribution in [1.29, 1.82) is 0 Å². The number of anilines is 1. The summed E-state index contributed by atoms with van der Waals surface area (Å²) in [5, 5.41) is 59.5. The van der Waals surface area contributed by atoms with Crippen molar-refractivity contribution in [3.05, 3.63) is 12.7 Å². The Morgan fingerprint density at radius 2 is 1.82 bits per heavy atom. The lowest BCUT2D eigenvalue weighted by molar-refractivity contribution is -0.135. The lowest BCUT2D eigenvalue weighted by Crippen LogP contribution is -2.47. The Labute approximate surface area is 212 Å². The molecule has 1 aliphatic rings. The number of imidazole rings is 1. The molecule has 22 heteroatoms. The van der Waals surface area contributed by atoms with Crippen molar-refractivity contribution < 1.29 is 72.4 Å². The lowest BCUT2D eigenvalue weighted by atomic mass is 10.0. The monoisotopic (exact) mass is 589 g/mol. The van der Waals surface area contributed by atoms with Gasteiger partial charge in [-0.1, -0.05) is 0 Å². The number of carbonyl (C=O) groups excluding carboxylic acids is 1. The third-order valence-corrected chi connectivity index (χ3v) is 7.91. The molecule has 1 aliphatic heterocycles. The van der Waals surface area contributed by atoms with Crippen LogP contribution in [0.4, 0.5) is 5.82 Å². The Kier molecular flexibility index (Phi) is 9.67. The maximum atomic E-state index is 13.0. The molecule has 0 aliphatic carbocycles. The molecular weight excluding hydrogens is 564 g/mol. The first-order valence-electron chi connectivity index (χ1n) is 10.5. The van der Waals surface area contributed by atoms with Gasteiger partial charge in [0.05, 0.1) is 19.5 Å². The van der Waals surface area contributed by atoms with Crippen molar-refractivity contribution in [2.75, 3.05) is 18.9 Å². The van der Waals surface area contributed by atoms with Gasteiger partial charge in [-0.15, -0.1) is 0 Å². The molecule has 0 bridgehead atoms. The molecule has 38 heavy (non-hydrogen) atoms. The number of nitrogens with zero attached hydrogens (tertiary/aromatic N) is 4. The van der Waals surface area contributed by atoms with E-state index in [1.807, 2.05) is 0 Å². The summed E-state index contributed by atoms with van der Waals surface area (Å²) in [7, 11) is -11.1. The zero-order chi connectivity index (χ0) is 28.4. The SMILES string of the molecule is Nc1ncnc2c1ncn2C1OC(COP(=O)(OC(CO)C(O)C(O)C(O)C=O)OP(=O)(O)O)C(O)C1O. The molecule has 1 saturated heterocycles. The molecule has 1 fully saturated rings. The molecule has 2 aromatic rings. The first kappa shape index (κ1) is 30.5. The van der Waals surface area contributed by atoms with Gasteiger partial charge in [-0.3, -0.25) is 13.6 Å². The highest BCUT2D eigenvalue weighted by Gasteiger charge is 2.48. The number of aliphatic hydroxyl groups excluding tert-OH is 6. The van der Waals surface area contributed by atoms with Crippen molar-refractivity contribution in [3.8, 4) is 0 Å². The second-order valence-corrected chi connectivity index (χ2v) is 10.9. The molecule has 0 saturated carbocycles. The number of phosphoric acid groups is 2. The van der Waals surface area contributed by atoms with Crippen LogP contribution in [-0.2, 0) is 32.0 Å². The van der Waals surface area contributed by atoms with E-state index in [1.54, 1.807) is 0 Å². The number of nitrogen functional groups attached to an aromatic ring is 1. The maximum absolute atomic E-state index is 13.0. The van der Waals surface area contributed by atoms with Crippen LogP contribution < -0.4 is 5.73 Å². The minimum Gasteiger partial charge on any atom is -0.394 e. The Bertz CT molecular complexity index is 1210. The van der Waals surface area contributed by atoms with Gasteiger partial charge in [-0.25, -0.2) is 24.1 Å². The smallest absolute Gasteiger partial charge is 0.394 e. The Morgan fingerprint density at radius 3 is 2.42 bits per heavy atom. The van der Waals surface area contributed by atoms with E-state index >= 15 is 0 Å². The normalized spacial score (nSPS) is 27.1. The number of aliphatic hydroxyl groups is 6. The summed E-state index contributed by atoms with van der Waals surface area (Å²) in [6.07, 6.45) is -13.1. The van der Waals surface area contributed by atoms with E-state index in [4.69, 9.17) is 29.3 Å². The van der Waals surface area contributed by atoms with Crippen molar-refractivity contribution in [2.45, 2.75) is 49.0 Å². The van der Waals surface area contributed by atoms with Crippen LogP contribution in [0.5, 0.6) is 0 Å². The Morgan fingerprint density at radius 1 is 1.13 bits per heavy atom. The van der Waals surface area contributed by atoms with Crippen LogP contribution in [0.2, 0.25) is 0 Å². The average molecular weight is 589 g/mol. The van der Waals surface area contributed by atoms with Gasteiger partial charge in [0.25, 0.3) is 0 Å². The van der Waals surface area contributed by atoms with Gasteiger partial charge in [0.15, 0.2) is 24.0 Å². The molecule has 3 heterocycles.